The third-order valence-corrected chi connectivity index (χ3v) is 3.28. The van der Waals surface area contributed by atoms with E-state index in [2.05, 4.69) is 10.5 Å². The quantitative estimate of drug-likeness (QED) is 0.826. The monoisotopic (exact) mass is 256 g/mol. The summed E-state index contributed by atoms with van der Waals surface area (Å²) in [6.07, 6.45) is 6.18. The zero-order valence-corrected chi connectivity index (χ0v) is 11.6. The number of nitrogens with zero attached hydrogens (tertiary/aromatic N) is 1. The maximum absolute atomic E-state index is 11.2. The summed E-state index contributed by atoms with van der Waals surface area (Å²) < 4.78 is 4.86. The van der Waals surface area contributed by atoms with E-state index in [4.69, 9.17) is 9.57 Å². The summed E-state index contributed by atoms with van der Waals surface area (Å²) in [7, 11) is 0. The highest BCUT2D eigenvalue weighted by Gasteiger charge is 2.39. The Morgan fingerprint density at radius 2 is 2.17 bits per heavy atom. The van der Waals surface area contributed by atoms with Gasteiger partial charge in [0.2, 0.25) is 0 Å². The predicted octanol–water partition coefficient (Wildman–Crippen LogP) is 2.85. The Bertz CT molecular complexity index is 274. The standard InChI is InChI=1S/C11H18N2O3.C2H6/c1-2-15-10(14)13-9-3-5-11(6-4-9)7-8-12-16-11;1-2/h8-9H,2-7H2,1H3,(H,13,14);1-2H3. The minimum absolute atomic E-state index is 0.0765. The second-order valence-corrected chi connectivity index (χ2v) is 4.41. The number of alkyl carbamates (subject to hydrolysis) is 1. The Balaban J connectivity index is 0.000000771. The van der Waals surface area contributed by atoms with Crippen molar-refractivity contribution in [3.8, 4) is 0 Å². The summed E-state index contributed by atoms with van der Waals surface area (Å²) >= 11 is 0. The molecule has 0 aromatic carbocycles. The fourth-order valence-corrected chi connectivity index (χ4v) is 2.31. The maximum atomic E-state index is 11.2. The number of carbonyl (C=O) groups is 1. The van der Waals surface area contributed by atoms with Crippen molar-refractivity contribution in [1.82, 2.24) is 5.32 Å². The Hall–Kier alpha value is -1.26. The highest BCUT2D eigenvalue weighted by Crippen LogP contribution is 2.36. The van der Waals surface area contributed by atoms with Gasteiger partial charge in [0, 0.05) is 18.7 Å². The van der Waals surface area contributed by atoms with E-state index < -0.39 is 0 Å². The topological polar surface area (TPSA) is 59.9 Å². The first kappa shape index (κ1) is 14.8. The molecule has 0 aromatic rings. The van der Waals surface area contributed by atoms with E-state index in [1.54, 1.807) is 6.92 Å². The SMILES string of the molecule is CC.CCOC(=O)NC1CCC2(CC=NO2)CC1. The molecule has 0 saturated heterocycles. The highest BCUT2D eigenvalue weighted by atomic mass is 16.7. The van der Waals surface area contributed by atoms with Crippen molar-refractivity contribution in [3.63, 3.8) is 0 Å². The lowest BCUT2D eigenvalue weighted by atomic mass is 9.81. The molecule has 5 nitrogen and oxygen atoms in total. The van der Waals surface area contributed by atoms with Crippen LogP contribution in [0.1, 0.15) is 52.9 Å². The summed E-state index contributed by atoms with van der Waals surface area (Å²) in [5.74, 6) is 0. The van der Waals surface area contributed by atoms with Crippen molar-refractivity contribution in [2.75, 3.05) is 6.61 Å². The second-order valence-electron chi connectivity index (χ2n) is 4.41. The van der Waals surface area contributed by atoms with Gasteiger partial charge in [-0.3, -0.25) is 0 Å². The van der Waals surface area contributed by atoms with Gasteiger partial charge in [-0.25, -0.2) is 4.79 Å². The van der Waals surface area contributed by atoms with Crippen LogP contribution in [0.25, 0.3) is 0 Å². The van der Waals surface area contributed by atoms with Gasteiger partial charge >= 0.3 is 6.09 Å². The molecule has 1 N–H and O–H groups in total. The average Bonchev–Trinajstić information content (AvgIpc) is 2.84. The normalized spacial score (nSPS) is 29.2. The molecule has 2 rings (SSSR count). The predicted molar refractivity (Wildman–Crippen MR) is 70.7 cm³/mol. The minimum Gasteiger partial charge on any atom is -0.450 e. The lowest BCUT2D eigenvalue weighted by molar-refractivity contribution is -0.0498. The van der Waals surface area contributed by atoms with Crippen LogP contribution in [0, 0.1) is 0 Å². The van der Waals surface area contributed by atoms with Crippen molar-refractivity contribution in [1.29, 1.82) is 0 Å². The van der Waals surface area contributed by atoms with Gasteiger partial charge in [0.15, 0.2) is 0 Å². The van der Waals surface area contributed by atoms with Crippen molar-refractivity contribution in [2.45, 2.75) is 64.5 Å². The summed E-state index contributed by atoms with van der Waals surface area (Å²) in [5.41, 5.74) is -0.0765. The molecule has 1 fully saturated rings. The minimum atomic E-state index is -0.313. The molecule has 0 radical (unpaired) electrons. The summed E-state index contributed by atoms with van der Waals surface area (Å²) in [5, 5.41) is 6.71. The van der Waals surface area contributed by atoms with Gasteiger partial charge < -0.3 is 14.9 Å². The van der Waals surface area contributed by atoms with Crippen LogP contribution in [-0.2, 0) is 9.57 Å². The number of rotatable bonds is 2. The molecule has 0 atom stereocenters. The zero-order chi connectivity index (χ0) is 13.4. The number of hydrogen-bond acceptors (Lipinski definition) is 4. The van der Waals surface area contributed by atoms with Gasteiger partial charge in [-0.05, 0) is 32.6 Å². The molecule has 5 heteroatoms. The Morgan fingerprint density at radius 3 is 2.67 bits per heavy atom. The molecular weight excluding hydrogens is 232 g/mol. The van der Waals surface area contributed by atoms with Crippen LogP contribution >= 0.6 is 0 Å². The molecule has 1 spiro atoms. The molecular formula is C13H24N2O3. The largest absolute Gasteiger partial charge is 0.450 e. The Kier molecular flexibility index (Phi) is 5.95. The number of hydrogen-bond donors (Lipinski definition) is 1. The molecule has 0 aromatic heterocycles. The molecule has 1 saturated carbocycles. The molecule has 1 amide bonds. The van der Waals surface area contributed by atoms with Gasteiger partial charge in [0.25, 0.3) is 0 Å². The molecule has 2 aliphatic rings. The van der Waals surface area contributed by atoms with Crippen LogP contribution in [0.5, 0.6) is 0 Å². The third kappa shape index (κ3) is 3.89. The fraction of sp³-hybridized carbons (Fsp3) is 0.846. The Morgan fingerprint density at radius 1 is 1.50 bits per heavy atom. The van der Waals surface area contributed by atoms with Crippen molar-refractivity contribution in [3.05, 3.63) is 0 Å². The van der Waals surface area contributed by atoms with Crippen LogP contribution in [-0.4, -0.2) is 30.6 Å². The lowest BCUT2D eigenvalue weighted by Crippen LogP contribution is -2.43. The van der Waals surface area contributed by atoms with Crippen LogP contribution in [0.3, 0.4) is 0 Å². The van der Waals surface area contributed by atoms with E-state index in [9.17, 15) is 4.79 Å². The maximum Gasteiger partial charge on any atom is 0.407 e. The number of ether oxygens (including phenoxy) is 1. The van der Waals surface area contributed by atoms with Crippen LogP contribution in [0.4, 0.5) is 4.79 Å². The van der Waals surface area contributed by atoms with Crippen molar-refractivity contribution >= 4 is 12.3 Å². The molecule has 0 bridgehead atoms. The van der Waals surface area contributed by atoms with E-state index in [0.717, 1.165) is 32.1 Å². The van der Waals surface area contributed by atoms with Gasteiger partial charge in [0.05, 0.1) is 6.61 Å². The number of amides is 1. The number of carbonyl (C=O) groups excluding carboxylic acids is 1. The second kappa shape index (κ2) is 7.24. The molecule has 0 unspecified atom stereocenters. The average molecular weight is 256 g/mol. The zero-order valence-electron chi connectivity index (χ0n) is 11.6. The van der Waals surface area contributed by atoms with E-state index >= 15 is 0 Å². The van der Waals surface area contributed by atoms with E-state index in [-0.39, 0.29) is 17.7 Å². The van der Waals surface area contributed by atoms with Gasteiger partial charge in [-0.2, -0.15) is 0 Å². The third-order valence-electron chi connectivity index (χ3n) is 3.28. The molecule has 104 valence electrons. The van der Waals surface area contributed by atoms with Crippen LogP contribution < -0.4 is 5.32 Å². The summed E-state index contributed by atoms with van der Waals surface area (Å²) in [6, 6.07) is 0.217. The van der Waals surface area contributed by atoms with Crippen molar-refractivity contribution in [2.24, 2.45) is 5.16 Å². The van der Waals surface area contributed by atoms with Crippen LogP contribution in [0.15, 0.2) is 5.16 Å². The molecule has 1 aliphatic heterocycles. The first-order valence-corrected chi connectivity index (χ1v) is 6.87. The first-order valence-electron chi connectivity index (χ1n) is 6.87. The molecule has 18 heavy (non-hydrogen) atoms. The summed E-state index contributed by atoms with van der Waals surface area (Å²) in [6.45, 7) is 6.22. The smallest absolute Gasteiger partial charge is 0.407 e. The fourth-order valence-electron chi connectivity index (χ4n) is 2.31. The number of oxime groups is 1. The van der Waals surface area contributed by atoms with E-state index in [1.165, 1.54) is 0 Å². The van der Waals surface area contributed by atoms with Gasteiger partial charge in [0.1, 0.15) is 5.60 Å². The van der Waals surface area contributed by atoms with Gasteiger partial charge in [-0.1, -0.05) is 19.0 Å². The molecule has 1 heterocycles. The van der Waals surface area contributed by atoms with Crippen LogP contribution in [0.2, 0.25) is 0 Å². The van der Waals surface area contributed by atoms with E-state index in [0.29, 0.717) is 6.61 Å². The highest BCUT2D eigenvalue weighted by molar-refractivity contribution is 5.67. The Labute approximate surface area is 109 Å². The lowest BCUT2D eigenvalue weighted by Gasteiger charge is -2.34. The summed E-state index contributed by atoms with van der Waals surface area (Å²) in [4.78, 5) is 16.6. The van der Waals surface area contributed by atoms with Crippen molar-refractivity contribution < 1.29 is 14.4 Å². The molecule has 1 aliphatic carbocycles. The van der Waals surface area contributed by atoms with E-state index in [1.807, 2.05) is 20.1 Å². The van der Waals surface area contributed by atoms with Gasteiger partial charge in [-0.15, -0.1) is 0 Å². The first-order chi connectivity index (χ1) is 8.74. The number of nitrogens with one attached hydrogen (secondary N) is 1.